The van der Waals surface area contributed by atoms with Crippen LogP contribution in [0.5, 0.6) is 0 Å². The number of aryl methyl sites for hydroxylation is 1. The lowest BCUT2D eigenvalue weighted by Gasteiger charge is -2.21. The van der Waals surface area contributed by atoms with Crippen molar-refractivity contribution in [3.63, 3.8) is 0 Å². The van der Waals surface area contributed by atoms with Gasteiger partial charge in [0.05, 0.1) is 10.1 Å². The van der Waals surface area contributed by atoms with Gasteiger partial charge in [0.1, 0.15) is 0 Å². The zero-order valence-corrected chi connectivity index (χ0v) is 13.8. The van der Waals surface area contributed by atoms with E-state index in [1.807, 2.05) is 47.8 Å². The van der Waals surface area contributed by atoms with E-state index in [0.717, 1.165) is 0 Å². The molecule has 116 valence electrons. The number of esters is 1. The van der Waals surface area contributed by atoms with Crippen molar-refractivity contribution in [1.82, 2.24) is 10.1 Å². The van der Waals surface area contributed by atoms with Crippen molar-refractivity contribution in [2.24, 2.45) is 0 Å². The average molecular weight is 336 g/mol. The molecule has 0 atom stereocenters. The topological polar surface area (TPSA) is 65.2 Å². The number of nitrogens with zero attached hydrogens (tertiary/aromatic N) is 2. The van der Waals surface area contributed by atoms with Gasteiger partial charge in [-0.1, -0.05) is 17.3 Å². The number of carbonyl (C=O) groups is 1. The minimum absolute atomic E-state index is 0.00421. The Morgan fingerprint density at radius 2 is 2.05 bits per heavy atom. The van der Waals surface area contributed by atoms with E-state index in [2.05, 4.69) is 10.1 Å². The average Bonchev–Trinajstić information content (AvgIpc) is 2.99. The van der Waals surface area contributed by atoms with Gasteiger partial charge in [-0.05, 0) is 42.5 Å². The summed E-state index contributed by atoms with van der Waals surface area (Å²) in [5.74, 6) is 2.84. The zero-order chi connectivity index (χ0) is 15.4. The predicted octanol–water partition coefficient (Wildman–Crippen LogP) is 3.60. The van der Waals surface area contributed by atoms with E-state index in [1.54, 1.807) is 6.92 Å². The second-order valence-corrected chi connectivity index (χ2v) is 7.58. The Labute approximate surface area is 137 Å². The van der Waals surface area contributed by atoms with Crippen LogP contribution in [0.25, 0.3) is 0 Å². The molecule has 0 spiro atoms. The van der Waals surface area contributed by atoms with Crippen molar-refractivity contribution >= 4 is 29.5 Å². The highest BCUT2D eigenvalue weighted by atomic mass is 32.2. The normalized spacial score (nSPS) is 15.7. The summed E-state index contributed by atoms with van der Waals surface area (Å²) in [6.45, 7) is 1.71. The molecule has 1 fully saturated rings. The standard InChI is InChI=1S/C15H16N2O3S2/c1-10-16-13(20-17-10)9-19-14(18)11-3-5-12(6-4-11)15-21-7-2-8-22-15/h3-6,15H,2,7-9H2,1H3. The number of aromatic nitrogens is 2. The van der Waals surface area contributed by atoms with E-state index >= 15 is 0 Å². The van der Waals surface area contributed by atoms with E-state index in [1.165, 1.54) is 23.5 Å². The smallest absolute Gasteiger partial charge is 0.338 e. The first-order valence-corrected chi connectivity index (χ1v) is 9.11. The summed E-state index contributed by atoms with van der Waals surface area (Å²) >= 11 is 3.92. The van der Waals surface area contributed by atoms with Crippen LogP contribution < -0.4 is 0 Å². The maximum absolute atomic E-state index is 12.0. The summed E-state index contributed by atoms with van der Waals surface area (Å²) in [6.07, 6.45) is 1.27. The van der Waals surface area contributed by atoms with Crippen LogP contribution in [0.3, 0.4) is 0 Å². The Morgan fingerprint density at radius 1 is 1.32 bits per heavy atom. The second-order valence-electron chi connectivity index (χ2n) is 4.86. The number of rotatable bonds is 4. The van der Waals surface area contributed by atoms with Crippen LogP contribution in [0.15, 0.2) is 28.8 Å². The summed E-state index contributed by atoms with van der Waals surface area (Å²) in [5, 5.41) is 3.65. The first-order chi connectivity index (χ1) is 10.7. The Balaban J connectivity index is 1.58. The van der Waals surface area contributed by atoms with E-state index in [9.17, 15) is 4.79 Å². The molecule has 0 amide bonds. The molecule has 1 aromatic heterocycles. The summed E-state index contributed by atoms with van der Waals surface area (Å²) in [4.78, 5) is 16.0. The van der Waals surface area contributed by atoms with Gasteiger partial charge in [-0.25, -0.2) is 4.79 Å². The van der Waals surface area contributed by atoms with Gasteiger partial charge < -0.3 is 9.26 Å². The van der Waals surface area contributed by atoms with E-state index in [0.29, 0.717) is 21.9 Å². The van der Waals surface area contributed by atoms with Gasteiger partial charge in [-0.3, -0.25) is 0 Å². The summed E-state index contributed by atoms with van der Waals surface area (Å²) < 4.78 is 10.5. The molecule has 7 heteroatoms. The number of carbonyl (C=O) groups excluding carboxylic acids is 1. The molecule has 2 aromatic rings. The van der Waals surface area contributed by atoms with Crippen LogP contribution in [0, 0.1) is 6.92 Å². The zero-order valence-electron chi connectivity index (χ0n) is 12.2. The van der Waals surface area contributed by atoms with Crippen LogP contribution in [0.4, 0.5) is 0 Å². The fourth-order valence-electron chi connectivity index (χ4n) is 2.07. The maximum atomic E-state index is 12.0. The van der Waals surface area contributed by atoms with Crippen LogP contribution >= 0.6 is 23.5 Å². The van der Waals surface area contributed by atoms with Gasteiger partial charge in [0.2, 0.25) is 0 Å². The third-order valence-corrected chi connectivity index (χ3v) is 6.16. The number of benzene rings is 1. The molecule has 2 heterocycles. The molecule has 22 heavy (non-hydrogen) atoms. The van der Waals surface area contributed by atoms with Gasteiger partial charge >= 0.3 is 5.97 Å². The first-order valence-electron chi connectivity index (χ1n) is 7.02. The number of hydrogen-bond donors (Lipinski definition) is 0. The van der Waals surface area contributed by atoms with E-state index in [-0.39, 0.29) is 12.6 Å². The molecule has 0 aliphatic carbocycles. The van der Waals surface area contributed by atoms with Crippen molar-refractivity contribution < 1.29 is 14.1 Å². The summed E-state index contributed by atoms with van der Waals surface area (Å²) in [6, 6.07) is 7.63. The van der Waals surface area contributed by atoms with Crippen LogP contribution in [0.2, 0.25) is 0 Å². The van der Waals surface area contributed by atoms with Gasteiger partial charge in [0.15, 0.2) is 12.4 Å². The molecular weight excluding hydrogens is 320 g/mol. The Kier molecular flexibility index (Phi) is 5.04. The monoisotopic (exact) mass is 336 g/mol. The minimum atomic E-state index is -0.383. The Morgan fingerprint density at radius 3 is 2.68 bits per heavy atom. The van der Waals surface area contributed by atoms with Gasteiger partial charge in [0.25, 0.3) is 5.89 Å². The van der Waals surface area contributed by atoms with Crippen molar-refractivity contribution in [2.45, 2.75) is 24.5 Å². The molecule has 0 unspecified atom stereocenters. The lowest BCUT2D eigenvalue weighted by molar-refractivity contribution is 0.0430. The highest BCUT2D eigenvalue weighted by Gasteiger charge is 2.17. The van der Waals surface area contributed by atoms with Gasteiger partial charge in [0, 0.05) is 0 Å². The molecule has 5 nitrogen and oxygen atoms in total. The molecule has 1 saturated heterocycles. The third-order valence-electron chi connectivity index (χ3n) is 3.14. The lowest BCUT2D eigenvalue weighted by atomic mass is 10.1. The third kappa shape index (κ3) is 3.84. The number of thioether (sulfide) groups is 2. The molecule has 1 aliphatic heterocycles. The van der Waals surface area contributed by atoms with Gasteiger partial charge in [-0.15, -0.1) is 23.5 Å². The highest BCUT2D eigenvalue weighted by Crippen LogP contribution is 2.43. The number of ether oxygens (including phenoxy) is 1. The summed E-state index contributed by atoms with van der Waals surface area (Å²) in [5.41, 5.74) is 1.78. The quantitative estimate of drug-likeness (QED) is 0.790. The molecule has 3 rings (SSSR count). The fourth-order valence-corrected chi connectivity index (χ4v) is 4.96. The lowest BCUT2D eigenvalue weighted by Crippen LogP contribution is -2.06. The van der Waals surface area contributed by atoms with Gasteiger partial charge in [-0.2, -0.15) is 4.98 Å². The summed E-state index contributed by atoms with van der Waals surface area (Å²) in [7, 11) is 0. The van der Waals surface area contributed by atoms with Crippen LogP contribution in [-0.2, 0) is 11.3 Å². The molecule has 1 aromatic carbocycles. The largest absolute Gasteiger partial charge is 0.452 e. The van der Waals surface area contributed by atoms with E-state index in [4.69, 9.17) is 9.26 Å². The van der Waals surface area contributed by atoms with Crippen molar-refractivity contribution in [3.8, 4) is 0 Å². The highest BCUT2D eigenvalue weighted by molar-refractivity contribution is 8.16. The second kappa shape index (κ2) is 7.19. The minimum Gasteiger partial charge on any atom is -0.452 e. The van der Waals surface area contributed by atoms with Crippen molar-refractivity contribution in [3.05, 3.63) is 47.1 Å². The maximum Gasteiger partial charge on any atom is 0.338 e. The molecule has 1 aliphatic rings. The van der Waals surface area contributed by atoms with E-state index < -0.39 is 0 Å². The SMILES string of the molecule is Cc1noc(COC(=O)c2ccc(C3SCCCS3)cc2)n1. The predicted molar refractivity (Wildman–Crippen MR) is 86.9 cm³/mol. The van der Waals surface area contributed by atoms with Crippen molar-refractivity contribution in [1.29, 1.82) is 0 Å². The Bertz CT molecular complexity index is 636. The molecular formula is C15H16N2O3S2. The van der Waals surface area contributed by atoms with Crippen LogP contribution in [-0.4, -0.2) is 27.6 Å². The molecule has 0 radical (unpaired) electrons. The molecule has 0 saturated carbocycles. The fraction of sp³-hybridized carbons (Fsp3) is 0.400. The molecule has 0 bridgehead atoms. The van der Waals surface area contributed by atoms with Crippen molar-refractivity contribution in [2.75, 3.05) is 11.5 Å². The molecule has 0 N–H and O–H groups in total. The first kappa shape index (κ1) is 15.4. The number of hydrogen-bond acceptors (Lipinski definition) is 7. The van der Waals surface area contributed by atoms with Crippen LogP contribution in [0.1, 0.15) is 38.6 Å². The Hall–Kier alpha value is -1.47.